The van der Waals surface area contributed by atoms with E-state index in [2.05, 4.69) is 9.82 Å². The lowest BCUT2D eigenvalue weighted by Crippen LogP contribution is -2.27. The van der Waals surface area contributed by atoms with Crippen LogP contribution < -0.4 is 9.46 Å². The van der Waals surface area contributed by atoms with Crippen molar-refractivity contribution in [1.82, 2.24) is 5.01 Å². The fraction of sp³-hybridized carbons (Fsp3) is 0.200. The predicted octanol–water partition coefficient (Wildman–Crippen LogP) is 4.45. The Labute approximate surface area is 193 Å². The van der Waals surface area contributed by atoms with Gasteiger partial charge in [-0.25, -0.2) is 13.4 Å². The van der Waals surface area contributed by atoms with Crippen LogP contribution >= 0.6 is 0 Å². The van der Waals surface area contributed by atoms with Gasteiger partial charge in [0.25, 0.3) is 5.91 Å². The van der Waals surface area contributed by atoms with E-state index >= 15 is 0 Å². The van der Waals surface area contributed by atoms with E-state index in [0.717, 1.165) is 17.6 Å². The Bertz CT molecular complexity index is 1290. The maximum atomic E-state index is 13.4. The number of carbonyl (C=O) groups is 1. The second-order valence-corrected chi connectivity index (χ2v) is 9.46. The lowest BCUT2D eigenvalue weighted by Gasteiger charge is -2.22. The number of nitrogens with one attached hydrogen (secondary N) is 1. The third kappa shape index (κ3) is 5.23. The van der Waals surface area contributed by atoms with Gasteiger partial charge in [0.1, 0.15) is 5.75 Å². The van der Waals surface area contributed by atoms with Gasteiger partial charge in [-0.05, 0) is 42.8 Å². The number of benzene rings is 3. The summed E-state index contributed by atoms with van der Waals surface area (Å²) in [5.41, 5.74) is 3.10. The molecule has 0 unspecified atom stereocenters. The quantitative estimate of drug-likeness (QED) is 0.561. The van der Waals surface area contributed by atoms with E-state index in [0.29, 0.717) is 35.6 Å². The molecule has 0 spiro atoms. The van der Waals surface area contributed by atoms with Crippen LogP contribution in [0.2, 0.25) is 0 Å². The Morgan fingerprint density at radius 3 is 2.52 bits per heavy atom. The summed E-state index contributed by atoms with van der Waals surface area (Å²) in [6.45, 7) is 2.45. The van der Waals surface area contributed by atoms with Crippen LogP contribution in [0, 0.1) is 0 Å². The minimum atomic E-state index is -3.48. The summed E-state index contributed by atoms with van der Waals surface area (Å²) in [4.78, 5) is 13.4. The van der Waals surface area contributed by atoms with Crippen LogP contribution in [0.5, 0.6) is 5.75 Å². The predicted molar refractivity (Wildman–Crippen MR) is 129 cm³/mol. The molecule has 1 N–H and O–H groups in total. The van der Waals surface area contributed by atoms with E-state index in [-0.39, 0.29) is 11.9 Å². The highest BCUT2D eigenvalue weighted by molar-refractivity contribution is 7.92. The van der Waals surface area contributed by atoms with E-state index in [1.807, 2.05) is 55.5 Å². The third-order valence-corrected chi connectivity index (χ3v) is 5.82. The second-order valence-electron chi connectivity index (χ2n) is 7.71. The van der Waals surface area contributed by atoms with Crippen molar-refractivity contribution in [1.29, 1.82) is 0 Å². The number of nitrogens with zero attached hydrogens (tertiary/aromatic N) is 2. The monoisotopic (exact) mass is 463 g/mol. The molecule has 0 radical (unpaired) electrons. The Hall–Kier alpha value is -3.65. The fourth-order valence-corrected chi connectivity index (χ4v) is 4.41. The van der Waals surface area contributed by atoms with Crippen molar-refractivity contribution in [2.24, 2.45) is 5.10 Å². The average molecular weight is 464 g/mol. The molecule has 0 saturated carbocycles. The molecule has 3 aromatic rings. The number of hydrazone groups is 1. The second kappa shape index (κ2) is 9.46. The van der Waals surface area contributed by atoms with E-state index in [9.17, 15) is 13.2 Å². The average Bonchev–Trinajstić information content (AvgIpc) is 3.24. The van der Waals surface area contributed by atoms with Gasteiger partial charge in [0.15, 0.2) is 0 Å². The molecule has 1 atom stereocenters. The van der Waals surface area contributed by atoms with Crippen LogP contribution in [-0.4, -0.2) is 37.9 Å². The van der Waals surface area contributed by atoms with Crippen molar-refractivity contribution in [3.05, 3.63) is 95.6 Å². The molecule has 1 aliphatic rings. The summed E-state index contributed by atoms with van der Waals surface area (Å²) < 4.78 is 32.0. The van der Waals surface area contributed by atoms with E-state index in [4.69, 9.17) is 4.74 Å². The maximum Gasteiger partial charge on any atom is 0.274 e. The van der Waals surface area contributed by atoms with Crippen molar-refractivity contribution in [2.45, 2.75) is 19.4 Å². The first-order chi connectivity index (χ1) is 15.9. The normalized spacial score (nSPS) is 15.8. The van der Waals surface area contributed by atoms with Gasteiger partial charge in [-0.1, -0.05) is 48.5 Å². The molecule has 0 aromatic heterocycles. The van der Waals surface area contributed by atoms with Crippen LogP contribution in [0.1, 0.15) is 40.9 Å². The summed E-state index contributed by atoms with van der Waals surface area (Å²) >= 11 is 0. The van der Waals surface area contributed by atoms with Gasteiger partial charge in [0.05, 0.1) is 30.3 Å². The van der Waals surface area contributed by atoms with E-state index in [1.165, 1.54) is 5.01 Å². The van der Waals surface area contributed by atoms with Crippen LogP contribution in [0.3, 0.4) is 0 Å². The minimum Gasteiger partial charge on any atom is -0.494 e. The molecule has 0 fully saturated rings. The van der Waals surface area contributed by atoms with Crippen LogP contribution in [0.15, 0.2) is 84.0 Å². The zero-order valence-corrected chi connectivity index (χ0v) is 19.2. The number of hydrogen-bond donors (Lipinski definition) is 1. The van der Waals surface area contributed by atoms with Crippen molar-refractivity contribution >= 4 is 27.3 Å². The van der Waals surface area contributed by atoms with Crippen LogP contribution in [-0.2, 0) is 10.0 Å². The number of amides is 1. The smallest absolute Gasteiger partial charge is 0.274 e. The number of anilines is 1. The van der Waals surface area contributed by atoms with E-state index < -0.39 is 10.0 Å². The van der Waals surface area contributed by atoms with Gasteiger partial charge in [-0.3, -0.25) is 9.52 Å². The number of hydrogen-bond acceptors (Lipinski definition) is 5. The molecular formula is C25H25N3O4S. The van der Waals surface area contributed by atoms with Gasteiger partial charge in [-0.15, -0.1) is 0 Å². The number of carbonyl (C=O) groups excluding carboxylic acids is 1. The van der Waals surface area contributed by atoms with Crippen molar-refractivity contribution in [2.75, 3.05) is 17.6 Å². The highest BCUT2D eigenvalue weighted by Crippen LogP contribution is 2.36. The molecule has 0 bridgehead atoms. The highest BCUT2D eigenvalue weighted by atomic mass is 32.2. The molecule has 0 aliphatic carbocycles. The molecule has 7 nitrogen and oxygen atoms in total. The summed E-state index contributed by atoms with van der Waals surface area (Å²) in [6, 6.07) is 23.3. The Morgan fingerprint density at radius 1 is 1.06 bits per heavy atom. The fourth-order valence-electron chi connectivity index (χ4n) is 3.83. The molecule has 3 aromatic carbocycles. The summed E-state index contributed by atoms with van der Waals surface area (Å²) in [5.74, 6) is 0.487. The van der Waals surface area contributed by atoms with Crippen molar-refractivity contribution in [3.63, 3.8) is 0 Å². The SMILES string of the molecule is CCOc1cccc([C@@H]2CC(c3ccccc3NS(C)(=O)=O)=NN2C(=O)c2ccccc2)c1. The summed E-state index contributed by atoms with van der Waals surface area (Å²) in [6.07, 6.45) is 1.53. The van der Waals surface area contributed by atoms with Gasteiger partial charge < -0.3 is 4.74 Å². The van der Waals surface area contributed by atoms with Crippen molar-refractivity contribution < 1.29 is 17.9 Å². The molecule has 1 heterocycles. The number of ether oxygens (including phenoxy) is 1. The first kappa shape index (κ1) is 22.5. The molecule has 33 heavy (non-hydrogen) atoms. The van der Waals surface area contributed by atoms with Gasteiger partial charge in [-0.2, -0.15) is 5.10 Å². The Morgan fingerprint density at radius 2 is 1.79 bits per heavy atom. The van der Waals surface area contributed by atoms with Crippen LogP contribution in [0.4, 0.5) is 5.69 Å². The Balaban J connectivity index is 1.76. The van der Waals surface area contributed by atoms with Crippen molar-refractivity contribution in [3.8, 4) is 5.75 Å². The zero-order valence-electron chi connectivity index (χ0n) is 18.4. The summed E-state index contributed by atoms with van der Waals surface area (Å²) in [5, 5.41) is 6.16. The topological polar surface area (TPSA) is 88.1 Å². The number of rotatable bonds is 7. The molecule has 170 valence electrons. The molecule has 1 aliphatic heterocycles. The van der Waals surface area contributed by atoms with E-state index in [1.54, 1.807) is 30.3 Å². The largest absolute Gasteiger partial charge is 0.494 e. The summed E-state index contributed by atoms with van der Waals surface area (Å²) in [7, 11) is -3.48. The van der Waals surface area contributed by atoms with Crippen LogP contribution in [0.25, 0.3) is 0 Å². The minimum absolute atomic E-state index is 0.231. The number of para-hydroxylation sites is 1. The molecule has 1 amide bonds. The van der Waals surface area contributed by atoms with Gasteiger partial charge in [0.2, 0.25) is 10.0 Å². The Kier molecular flexibility index (Phi) is 6.46. The first-order valence-electron chi connectivity index (χ1n) is 10.6. The maximum absolute atomic E-state index is 13.4. The first-order valence-corrected chi connectivity index (χ1v) is 12.5. The third-order valence-electron chi connectivity index (χ3n) is 5.23. The molecule has 4 rings (SSSR count). The zero-order chi connectivity index (χ0) is 23.4. The molecule has 0 saturated heterocycles. The number of sulfonamides is 1. The lowest BCUT2D eigenvalue weighted by atomic mass is 9.97. The highest BCUT2D eigenvalue weighted by Gasteiger charge is 2.34. The standard InChI is InChI=1S/C25H25N3O4S/c1-3-32-20-13-9-12-19(16-20)24-17-23(21-14-7-8-15-22(21)27-33(2,30)31)26-28(24)25(29)18-10-5-4-6-11-18/h4-16,24,27H,3,17H2,1-2H3/t24-/m0/s1. The molecule has 8 heteroatoms. The molecular weight excluding hydrogens is 438 g/mol. The van der Waals surface area contributed by atoms with Gasteiger partial charge in [0, 0.05) is 17.5 Å². The van der Waals surface area contributed by atoms with Gasteiger partial charge >= 0.3 is 0 Å². The lowest BCUT2D eigenvalue weighted by molar-refractivity contribution is 0.0711.